The molecule has 196 valence electrons. The molecule has 2 bridgehead atoms. The van der Waals surface area contributed by atoms with Crippen molar-refractivity contribution in [2.24, 2.45) is 4.99 Å². The normalized spacial score (nSPS) is 30.7. The lowest BCUT2D eigenvalue weighted by atomic mass is 9.48. The maximum Gasteiger partial charge on any atom is 0.246 e. The van der Waals surface area contributed by atoms with Gasteiger partial charge in [0.05, 0.1) is 27.9 Å². The number of nitrogens with zero attached hydrogens (tertiary/aromatic N) is 3. The lowest BCUT2D eigenvalue weighted by Crippen LogP contribution is -2.78. The number of thiocarbonyl (C=S) groups is 1. The highest BCUT2D eigenvalue weighted by Crippen LogP contribution is 2.65. The zero-order valence-electron chi connectivity index (χ0n) is 21.3. The number of ether oxygens (including phenoxy) is 1. The number of isothiocyanates is 1. The summed E-state index contributed by atoms with van der Waals surface area (Å²) in [6.07, 6.45) is 7.27. The predicted octanol–water partition coefficient (Wildman–Crippen LogP) is 4.01. The first-order valence-electron chi connectivity index (χ1n) is 13.1. The molecule has 2 aliphatic heterocycles. The summed E-state index contributed by atoms with van der Waals surface area (Å²) in [7, 11) is 1.80. The summed E-state index contributed by atoms with van der Waals surface area (Å²) >= 11 is 4.69. The Hall–Kier alpha value is -3.29. The zero-order chi connectivity index (χ0) is 26.7. The summed E-state index contributed by atoms with van der Waals surface area (Å²) in [5.41, 5.74) is 1.85. The average Bonchev–Trinajstić information content (AvgIpc) is 3.26. The quantitative estimate of drug-likeness (QED) is 0.255. The third-order valence-corrected chi connectivity index (χ3v) is 9.31. The van der Waals surface area contributed by atoms with E-state index in [4.69, 9.17) is 17.0 Å². The Bertz CT molecular complexity index is 1400. The Labute approximate surface area is 227 Å². The van der Waals surface area contributed by atoms with Crippen molar-refractivity contribution < 1.29 is 19.7 Å². The molecule has 2 N–H and O–H groups in total. The van der Waals surface area contributed by atoms with Gasteiger partial charge in [-0.3, -0.25) is 9.69 Å². The van der Waals surface area contributed by atoms with Crippen LogP contribution in [0.15, 0.2) is 60.1 Å². The molecule has 2 heterocycles. The van der Waals surface area contributed by atoms with Crippen LogP contribution in [0.5, 0.6) is 11.5 Å². The van der Waals surface area contributed by atoms with Crippen molar-refractivity contribution in [3.8, 4) is 11.5 Å². The summed E-state index contributed by atoms with van der Waals surface area (Å²) in [6, 6.07) is 10.7. The lowest BCUT2D eigenvalue weighted by molar-refractivity contribution is -0.198. The van der Waals surface area contributed by atoms with E-state index in [2.05, 4.69) is 21.6 Å². The van der Waals surface area contributed by atoms with Crippen molar-refractivity contribution in [2.75, 3.05) is 20.1 Å². The first-order chi connectivity index (χ1) is 18.3. The molecule has 2 aromatic carbocycles. The molecule has 2 aromatic rings. The van der Waals surface area contributed by atoms with Crippen molar-refractivity contribution in [2.45, 2.75) is 54.9 Å². The fourth-order valence-corrected chi connectivity index (χ4v) is 7.69. The molecule has 1 saturated carbocycles. The van der Waals surface area contributed by atoms with E-state index in [9.17, 15) is 15.0 Å². The van der Waals surface area contributed by atoms with Gasteiger partial charge in [-0.1, -0.05) is 24.3 Å². The number of hydrogen-bond acceptors (Lipinski definition) is 7. The Morgan fingerprint density at radius 3 is 3.00 bits per heavy atom. The number of hydrogen-bond donors (Lipinski definition) is 2. The first kappa shape index (κ1) is 25.0. The number of amides is 1. The van der Waals surface area contributed by atoms with Crippen LogP contribution in [0.25, 0.3) is 6.08 Å². The van der Waals surface area contributed by atoms with Gasteiger partial charge in [-0.25, -0.2) is 0 Å². The lowest BCUT2D eigenvalue weighted by Gasteiger charge is -2.64. The van der Waals surface area contributed by atoms with E-state index in [0.717, 1.165) is 23.2 Å². The Balaban J connectivity index is 1.35. The number of benzene rings is 2. The van der Waals surface area contributed by atoms with Crippen LogP contribution in [-0.2, 0) is 16.6 Å². The van der Waals surface area contributed by atoms with Gasteiger partial charge in [-0.15, -0.1) is 6.58 Å². The van der Waals surface area contributed by atoms with Crippen LogP contribution in [0.1, 0.15) is 36.0 Å². The van der Waals surface area contributed by atoms with Gasteiger partial charge >= 0.3 is 0 Å². The number of aliphatic imine (C=N–C) groups is 1. The van der Waals surface area contributed by atoms with Crippen LogP contribution in [-0.4, -0.2) is 75.0 Å². The maximum absolute atomic E-state index is 13.4. The molecule has 2 fully saturated rings. The number of likely N-dealkylation sites (tertiary alicyclic amines) is 1. The third kappa shape index (κ3) is 3.45. The second kappa shape index (κ2) is 9.17. The van der Waals surface area contributed by atoms with E-state index >= 15 is 0 Å². The van der Waals surface area contributed by atoms with E-state index < -0.39 is 17.1 Å². The van der Waals surface area contributed by atoms with E-state index in [-0.39, 0.29) is 23.7 Å². The van der Waals surface area contributed by atoms with Crippen LogP contribution in [0.4, 0.5) is 5.69 Å². The minimum atomic E-state index is -1.02. The number of carbonyl (C=O) groups is 1. The summed E-state index contributed by atoms with van der Waals surface area (Å²) in [5, 5.41) is 25.6. The molecular weight excluding hydrogens is 498 g/mol. The molecule has 38 heavy (non-hydrogen) atoms. The number of aromatic hydroxyl groups is 1. The molecule has 1 spiro atoms. The SMILES string of the molecule is C=CCN1CC[C@]23c4c5ccc(O)c4O[C@H]2[C@@H](N(C)C(=O)C=Cc2cccc(N=C=S)c2)CCC3(O)[C@H]1C5. The standard InChI is InChI=1S/C30H31N3O4S/c1-3-14-33-15-13-29-26-20-8-9-23(34)27(26)37-28(29)22(11-12-30(29,36)24(33)17-20)32(2)25(35)10-7-19-5-4-6-21(16-19)31-18-38/h3-10,16,22,24,28,34,36H,1,11-15,17H2,2H3/t22-,24+,28-,29-,30?/m0/s1. The summed E-state index contributed by atoms with van der Waals surface area (Å²) in [4.78, 5) is 21.5. The van der Waals surface area contributed by atoms with E-state index in [0.29, 0.717) is 43.7 Å². The average molecular weight is 530 g/mol. The molecular formula is C30H31N3O4S. The van der Waals surface area contributed by atoms with Crippen molar-refractivity contribution in [3.63, 3.8) is 0 Å². The van der Waals surface area contributed by atoms with Gasteiger partial charge in [0.2, 0.25) is 5.91 Å². The molecule has 1 amide bonds. The highest BCUT2D eigenvalue weighted by Gasteiger charge is 2.73. The van der Waals surface area contributed by atoms with Gasteiger partial charge in [0.25, 0.3) is 0 Å². The van der Waals surface area contributed by atoms with E-state index in [1.54, 1.807) is 30.2 Å². The van der Waals surface area contributed by atoms with E-state index in [1.807, 2.05) is 36.4 Å². The highest BCUT2D eigenvalue weighted by molar-refractivity contribution is 7.78. The molecule has 0 aromatic heterocycles. The summed E-state index contributed by atoms with van der Waals surface area (Å²) in [6.45, 7) is 5.43. The van der Waals surface area contributed by atoms with Crippen molar-refractivity contribution in [1.29, 1.82) is 0 Å². The van der Waals surface area contributed by atoms with Crippen LogP contribution < -0.4 is 4.74 Å². The predicted molar refractivity (Wildman–Crippen MR) is 149 cm³/mol. The van der Waals surface area contributed by atoms with Crippen molar-refractivity contribution in [3.05, 3.63) is 71.8 Å². The number of aliphatic hydroxyl groups is 1. The molecule has 5 atom stereocenters. The van der Waals surface area contributed by atoms with Gasteiger partial charge in [-0.2, -0.15) is 4.99 Å². The molecule has 7 nitrogen and oxygen atoms in total. The maximum atomic E-state index is 13.4. The summed E-state index contributed by atoms with van der Waals surface area (Å²) < 4.78 is 6.56. The van der Waals surface area contributed by atoms with Gasteiger partial charge in [0.15, 0.2) is 11.5 Å². The van der Waals surface area contributed by atoms with Gasteiger partial charge < -0.3 is 19.8 Å². The van der Waals surface area contributed by atoms with Gasteiger partial charge in [0, 0.05) is 31.3 Å². The second-order valence-corrected chi connectivity index (χ2v) is 11.0. The van der Waals surface area contributed by atoms with Crippen molar-refractivity contribution >= 4 is 35.0 Å². The highest BCUT2D eigenvalue weighted by atomic mass is 32.1. The molecule has 6 rings (SSSR count). The molecule has 0 radical (unpaired) electrons. The van der Waals surface area contributed by atoms with Crippen LogP contribution in [0, 0.1) is 0 Å². The number of piperidine rings is 1. The number of likely N-dealkylation sites (N-methyl/N-ethyl adjacent to an activating group) is 1. The smallest absolute Gasteiger partial charge is 0.246 e. The minimum Gasteiger partial charge on any atom is -0.504 e. The summed E-state index contributed by atoms with van der Waals surface area (Å²) in [5.74, 6) is 0.412. The molecule has 1 unspecified atom stereocenters. The molecule has 4 aliphatic rings. The molecule has 1 saturated heterocycles. The van der Waals surface area contributed by atoms with Crippen LogP contribution in [0.3, 0.4) is 0 Å². The first-order valence-corrected chi connectivity index (χ1v) is 13.5. The molecule has 8 heteroatoms. The number of phenols is 1. The molecule has 2 aliphatic carbocycles. The topological polar surface area (TPSA) is 85.6 Å². The fourth-order valence-electron chi connectivity index (χ4n) is 7.58. The second-order valence-electron chi connectivity index (χ2n) is 10.8. The van der Waals surface area contributed by atoms with Gasteiger partial charge in [-0.05, 0) is 79.8 Å². The van der Waals surface area contributed by atoms with Gasteiger partial charge in [0.1, 0.15) is 6.10 Å². The van der Waals surface area contributed by atoms with Crippen molar-refractivity contribution in [1.82, 2.24) is 9.80 Å². The number of carbonyl (C=O) groups excluding carboxylic acids is 1. The number of phenolic OH excluding ortho intramolecular Hbond substituents is 1. The zero-order valence-corrected chi connectivity index (χ0v) is 22.2. The van der Waals surface area contributed by atoms with Crippen LogP contribution >= 0.6 is 12.2 Å². The largest absolute Gasteiger partial charge is 0.504 e. The number of rotatable bonds is 6. The Morgan fingerprint density at radius 1 is 1.37 bits per heavy atom. The van der Waals surface area contributed by atoms with E-state index in [1.165, 1.54) is 0 Å². The monoisotopic (exact) mass is 529 g/mol. The third-order valence-electron chi connectivity index (χ3n) is 9.21. The fraction of sp³-hybridized carbons (Fsp3) is 0.400. The van der Waals surface area contributed by atoms with Crippen LogP contribution in [0.2, 0.25) is 0 Å². The minimum absolute atomic E-state index is 0.0764. The Kier molecular flexibility index (Phi) is 6.04. The Morgan fingerprint density at radius 2 is 2.21 bits per heavy atom.